The molecule has 3 unspecified atom stereocenters. The summed E-state index contributed by atoms with van der Waals surface area (Å²) in [5.41, 5.74) is 2.55. The molecule has 1 fully saturated rings. The summed E-state index contributed by atoms with van der Waals surface area (Å²) in [4.78, 5) is 30.7. The smallest absolute Gasteiger partial charge is 0.329 e. The van der Waals surface area contributed by atoms with Gasteiger partial charge in [-0.1, -0.05) is 12.1 Å². The van der Waals surface area contributed by atoms with Gasteiger partial charge in [-0.2, -0.15) is 0 Å². The second-order valence-electron chi connectivity index (χ2n) is 7.81. The molecule has 0 bridgehead atoms. The Kier molecular flexibility index (Phi) is 4.12. The minimum absolute atomic E-state index is 0.236. The van der Waals surface area contributed by atoms with Crippen LogP contribution in [0.15, 0.2) is 40.1 Å². The Hall–Kier alpha value is -2.80. The average molecular weight is 380 g/mol. The molecule has 3 heterocycles. The number of benzene rings is 1. The predicted molar refractivity (Wildman–Crippen MR) is 107 cm³/mol. The molecule has 0 amide bonds. The Morgan fingerprint density at radius 2 is 2.14 bits per heavy atom. The van der Waals surface area contributed by atoms with E-state index in [-0.39, 0.29) is 17.3 Å². The van der Waals surface area contributed by atoms with Crippen LogP contribution in [-0.4, -0.2) is 34.2 Å². The number of fused-ring (bicyclic) bond motifs is 4. The molecule has 1 aliphatic carbocycles. The van der Waals surface area contributed by atoms with Crippen LogP contribution < -0.4 is 21.3 Å². The van der Waals surface area contributed by atoms with Crippen LogP contribution >= 0.6 is 0 Å². The number of ether oxygens (including phenoxy) is 1. The van der Waals surface area contributed by atoms with Gasteiger partial charge in [-0.05, 0) is 55.0 Å². The lowest BCUT2D eigenvalue weighted by molar-refractivity contribution is 0.371. The van der Waals surface area contributed by atoms with Crippen molar-refractivity contribution in [1.29, 1.82) is 0 Å². The van der Waals surface area contributed by atoms with Crippen LogP contribution in [-0.2, 0) is 13.0 Å². The lowest BCUT2D eigenvalue weighted by atomic mass is 9.73. The largest absolute Gasteiger partial charge is 0.496 e. The molecule has 146 valence electrons. The van der Waals surface area contributed by atoms with E-state index in [4.69, 9.17) is 4.74 Å². The fraction of sp³-hybridized carbons (Fsp3) is 0.429. The third-order valence-electron chi connectivity index (χ3n) is 6.46. The summed E-state index contributed by atoms with van der Waals surface area (Å²) in [5.74, 6) is 1.95. The molecule has 0 saturated carbocycles. The van der Waals surface area contributed by atoms with Crippen molar-refractivity contribution >= 4 is 11.0 Å². The number of nitrogens with one attached hydrogen (secondary N) is 3. The molecule has 3 aromatic rings. The highest BCUT2D eigenvalue weighted by atomic mass is 16.5. The highest BCUT2D eigenvalue weighted by Gasteiger charge is 2.40. The van der Waals surface area contributed by atoms with Gasteiger partial charge in [0.1, 0.15) is 11.4 Å². The van der Waals surface area contributed by atoms with E-state index in [1.54, 1.807) is 19.4 Å². The standard InChI is InChI=1S/C21H24N4O3/c1-28-17-4-2-3-14-13(17)6-5-12-11-23-16(18(12)14)8-10-25-20(26)15-7-9-22-19(15)24-21(25)27/h2-4,7,9,12,16,18,22-23H,5-6,8,10-11H2,1H3,(H,24,27). The highest BCUT2D eigenvalue weighted by Crippen LogP contribution is 2.45. The zero-order chi connectivity index (χ0) is 19.3. The van der Waals surface area contributed by atoms with Gasteiger partial charge >= 0.3 is 5.69 Å². The van der Waals surface area contributed by atoms with Crippen molar-refractivity contribution in [1.82, 2.24) is 19.9 Å². The molecule has 2 aliphatic rings. The lowest BCUT2D eigenvalue weighted by Crippen LogP contribution is -2.37. The quantitative estimate of drug-likeness (QED) is 0.643. The fourth-order valence-corrected chi connectivity index (χ4v) is 5.14. The highest BCUT2D eigenvalue weighted by molar-refractivity contribution is 5.73. The van der Waals surface area contributed by atoms with Crippen LogP contribution in [0.5, 0.6) is 5.75 Å². The third-order valence-corrected chi connectivity index (χ3v) is 6.46. The number of methoxy groups -OCH3 is 1. The van der Waals surface area contributed by atoms with Gasteiger partial charge < -0.3 is 15.0 Å². The number of rotatable bonds is 4. The summed E-state index contributed by atoms with van der Waals surface area (Å²) >= 11 is 0. The summed E-state index contributed by atoms with van der Waals surface area (Å²) in [6, 6.07) is 8.24. The zero-order valence-corrected chi connectivity index (χ0v) is 15.8. The topological polar surface area (TPSA) is 91.9 Å². The zero-order valence-electron chi connectivity index (χ0n) is 15.8. The van der Waals surface area contributed by atoms with Crippen molar-refractivity contribution in [2.45, 2.75) is 37.8 Å². The van der Waals surface area contributed by atoms with Crippen molar-refractivity contribution in [3.8, 4) is 5.75 Å². The summed E-state index contributed by atoms with van der Waals surface area (Å²) in [7, 11) is 1.72. The van der Waals surface area contributed by atoms with Crippen LogP contribution in [0.25, 0.3) is 11.0 Å². The Morgan fingerprint density at radius 3 is 3.00 bits per heavy atom. The van der Waals surface area contributed by atoms with Crippen molar-refractivity contribution in [3.05, 3.63) is 62.4 Å². The first-order valence-corrected chi connectivity index (χ1v) is 9.86. The van der Waals surface area contributed by atoms with E-state index >= 15 is 0 Å². The van der Waals surface area contributed by atoms with Gasteiger partial charge in [0.25, 0.3) is 5.56 Å². The number of H-pyrrole nitrogens is 2. The number of aromatic nitrogens is 3. The minimum atomic E-state index is -0.361. The number of hydrogen-bond acceptors (Lipinski definition) is 4. The summed E-state index contributed by atoms with van der Waals surface area (Å²) < 4.78 is 6.90. The van der Waals surface area contributed by atoms with E-state index in [0.717, 1.165) is 31.6 Å². The second kappa shape index (κ2) is 6.67. The van der Waals surface area contributed by atoms with Gasteiger partial charge in [-0.15, -0.1) is 0 Å². The molecule has 7 heteroatoms. The van der Waals surface area contributed by atoms with Crippen LogP contribution in [0.1, 0.15) is 29.9 Å². The molecule has 3 N–H and O–H groups in total. The van der Waals surface area contributed by atoms with Crippen molar-refractivity contribution in [2.24, 2.45) is 5.92 Å². The molecular weight excluding hydrogens is 356 g/mol. The van der Waals surface area contributed by atoms with Crippen LogP contribution in [0.4, 0.5) is 0 Å². The molecular formula is C21H24N4O3. The Bertz CT molecular complexity index is 1140. The molecule has 5 rings (SSSR count). The number of hydrogen-bond donors (Lipinski definition) is 3. The second-order valence-corrected chi connectivity index (χ2v) is 7.81. The molecule has 0 spiro atoms. The van der Waals surface area contributed by atoms with Crippen molar-refractivity contribution in [3.63, 3.8) is 0 Å². The van der Waals surface area contributed by atoms with Gasteiger partial charge in [-0.3, -0.25) is 14.3 Å². The van der Waals surface area contributed by atoms with Crippen molar-refractivity contribution < 1.29 is 4.74 Å². The fourth-order valence-electron chi connectivity index (χ4n) is 5.14. The van der Waals surface area contributed by atoms with E-state index in [2.05, 4.69) is 27.4 Å². The first-order valence-electron chi connectivity index (χ1n) is 9.86. The molecule has 1 aromatic carbocycles. The molecule has 28 heavy (non-hydrogen) atoms. The summed E-state index contributed by atoms with van der Waals surface area (Å²) in [5, 5.41) is 4.16. The SMILES string of the molecule is COc1cccc2c1CCC1CNC(CCn3c(=O)[nH]c4[nH]ccc4c3=O)C21. The maximum Gasteiger partial charge on any atom is 0.329 e. The van der Waals surface area contributed by atoms with Crippen LogP contribution in [0.2, 0.25) is 0 Å². The average Bonchev–Trinajstić information content (AvgIpc) is 3.34. The van der Waals surface area contributed by atoms with E-state index < -0.39 is 0 Å². The van der Waals surface area contributed by atoms with Gasteiger partial charge in [-0.25, -0.2) is 4.79 Å². The molecule has 0 radical (unpaired) electrons. The molecule has 2 aromatic heterocycles. The molecule has 3 atom stereocenters. The normalized spacial score (nSPS) is 23.5. The van der Waals surface area contributed by atoms with E-state index in [9.17, 15) is 9.59 Å². The monoisotopic (exact) mass is 380 g/mol. The molecule has 1 aliphatic heterocycles. The Morgan fingerprint density at radius 1 is 1.25 bits per heavy atom. The Balaban J connectivity index is 1.44. The first kappa shape index (κ1) is 17.3. The number of nitrogens with zero attached hydrogens (tertiary/aromatic N) is 1. The van der Waals surface area contributed by atoms with Gasteiger partial charge in [0.05, 0.1) is 12.5 Å². The van der Waals surface area contributed by atoms with Crippen molar-refractivity contribution in [2.75, 3.05) is 13.7 Å². The third kappa shape index (κ3) is 2.61. The maximum absolute atomic E-state index is 12.7. The molecule has 7 nitrogen and oxygen atoms in total. The maximum atomic E-state index is 12.7. The first-order chi connectivity index (χ1) is 13.7. The summed E-state index contributed by atoms with van der Waals surface area (Å²) in [6.45, 7) is 1.38. The Labute approximate surface area is 161 Å². The summed E-state index contributed by atoms with van der Waals surface area (Å²) in [6.07, 6.45) is 4.58. The van der Waals surface area contributed by atoms with Gasteiger partial charge in [0, 0.05) is 24.7 Å². The van der Waals surface area contributed by atoms with Crippen LogP contribution in [0.3, 0.4) is 0 Å². The van der Waals surface area contributed by atoms with E-state index in [0.29, 0.717) is 29.4 Å². The molecule has 1 saturated heterocycles. The van der Waals surface area contributed by atoms with E-state index in [1.807, 2.05) is 6.07 Å². The van der Waals surface area contributed by atoms with Crippen LogP contribution in [0, 0.1) is 5.92 Å². The minimum Gasteiger partial charge on any atom is -0.496 e. The predicted octanol–water partition coefficient (Wildman–Crippen LogP) is 1.73. The van der Waals surface area contributed by atoms with Gasteiger partial charge in [0.2, 0.25) is 0 Å². The van der Waals surface area contributed by atoms with E-state index in [1.165, 1.54) is 15.7 Å². The number of aromatic amines is 2. The van der Waals surface area contributed by atoms with Gasteiger partial charge in [0.15, 0.2) is 0 Å². The lowest BCUT2D eigenvalue weighted by Gasteiger charge is -2.32.